The van der Waals surface area contributed by atoms with Gasteiger partial charge >= 0.3 is 15.6 Å². The number of hydrogen-bond donors (Lipinski definition) is 0. The summed E-state index contributed by atoms with van der Waals surface area (Å²) in [6, 6.07) is 6.61. The van der Waals surface area contributed by atoms with Crippen molar-refractivity contribution in [2.24, 2.45) is 0 Å². The minimum atomic E-state index is -5.98. The van der Waals surface area contributed by atoms with Crippen molar-refractivity contribution in [3.8, 4) is 5.75 Å². The van der Waals surface area contributed by atoms with Crippen LogP contribution in [0.25, 0.3) is 0 Å². The first-order valence-corrected chi connectivity index (χ1v) is 10.1. The Balaban J connectivity index is 2.09. The van der Waals surface area contributed by atoms with Gasteiger partial charge in [-0.1, -0.05) is 11.6 Å². The zero-order valence-electron chi connectivity index (χ0n) is 15.6. The number of benzene rings is 1. The van der Waals surface area contributed by atoms with Crippen LogP contribution >= 0.6 is 11.6 Å². The van der Waals surface area contributed by atoms with Crippen LogP contribution in [0.4, 0.5) is 18.9 Å². The molecule has 1 aliphatic carbocycles. The van der Waals surface area contributed by atoms with E-state index in [-0.39, 0.29) is 22.7 Å². The fourth-order valence-electron chi connectivity index (χ4n) is 2.89. The zero-order valence-corrected chi connectivity index (χ0v) is 17.1. The topological polar surface area (TPSA) is 82.1 Å². The zero-order chi connectivity index (χ0) is 22.3. The van der Waals surface area contributed by atoms with Gasteiger partial charge < -0.3 is 18.6 Å². The third-order valence-corrected chi connectivity index (χ3v) is 5.62. The average molecular weight is 466 g/mol. The highest BCUT2D eigenvalue weighted by atomic mass is 35.5. The Labute approximate surface area is 175 Å². The summed E-state index contributed by atoms with van der Waals surface area (Å²) in [5.74, 6) is -0.758. The van der Waals surface area contributed by atoms with E-state index in [0.29, 0.717) is 11.4 Å². The summed E-state index contributed by atoms with van der Waals surface area (Å²) in [7, 11) is -3.35. The molecular weight excluding hydrogens is 451 g/mol. The number of allylic oxidation sites excluding steroid dienone is 1. The van der Waals surface area contributed by atoms with Gasteiger partial charge in [-0.25, -0.2) is 0 Å². The van der Waals surface area contributed by atoms with Crippen LogP contribution in [-0.4, -0.2) is 46.6 Å². The largest absolute Gasteiger partial charge is 0.534 e. The fraction of sp³-hybridized carbons (Fsp3) is 0.278. The lowest BCUT2D eigenvalue weighted by Crippen LogP contribution is -2.36. The third-order valence-electron chi connectivity index (χ3n) is 4.35. The summed E-state index contributed by atoms with van der Waals surface area (Å²) >= 11 is 6.28. The van der Waals surface area contributed by atoms with Crippen molar-refractivity contribution in [2.75, 3.05) is 25.7 Å². The maximum Gasteiger partial charge on any atom is 0.534 e. The molecule has 1 heterocycles. The van der Waals surface area contributed by atoms with Crippen LogP contribution in [0, 0.1) is 0 Å². The minimum Gasteiger partial charge on any atom is -0.497 e. The Morgan fingerprint density at radius 2 is 1.80 bits per heavy atom. The smallest absolute Gasteiger partial charge is 0.497 e. The molecule has 30 heavy (non-hydrogen) atoms. The average Bonchev–Trinajstić information content (AvgIpc) is 2.68. The Kier molecular flexibility index (Phi) is 5.89. The summed E-state index contributed by atoms with van der Waals surface area (Å²) in [5, 5.41) is -0.00558. The Morgan fingerprint density at radius 1 is 1.17 bits per heavy atom. The van der Waals surface area contributed by atoms with Crippen molar-refractivity contribution in [2.45, 2.75) is 11.6 Å². The lowest BCUT2D eigenvalue weighted by atomic mass is 9.89. The molecule has 0 saturated heterocycles. The number of carbonyl (C=O) groups excluding carboxylic acids is 1. The first kappa shape index (κ1) is 22.2. The number of methoxy groups -OCH3 is 2. The van der Waals surface area contributed by atoms with Crippen LogP contribution < -0.4 is 9.64 Å². The van der Waals surface area contributed by atoms with Gasteiger partial charge in [0.05, 0.1) is 13.7 Å². The number of ether oxygens (including phenoxy) is 2. The van der Waals surface area contributed by atoms with Gasteiger partial charge in [0, 0.05) is 35.2 Å². The number of fused-ring (bicyclic) bond motifs is 1. The van der Waals surface area contributed by atoms with Crippen LogP contribution in [-0.2, 0) is 23.8 Å². The van der Waals surface area contributed by atoms with Crippen molar-refractivity contribution in [1.29, 1.82) is 0 Å². The van der Waals surface area contributed by atoms with E-state index in [9.17, 15) is 26.4 Å². The number of rotatable bonds is 5. The standard InChI is InChI=1S/C18H15ClF3NO6S/c1-27-11-5-3-10(4-6-11)23-8-12-14(29-30(25,26)18(20,21)22)7-15(28-2)17(24)16(12)13(19)9-23/h3-8,15H,9H2,1-2H3. The molecule has 7 nitrogen and oxygen atoms in total. The van der Waals surface area contributed by atoms with E-state index < -0.39 is 33.3 Å². The van der Waals surface area contributed by atoms with Gasteiger partial charge in [-0.3, -0.25) is 4.79 Å². The molecule has 2 aliphatic rings. The normalized spacial score (nSPS) is 19.9. The molecule has 0 radical (unpaired) electrons. The van der Waals surface area contributed by atoms with Crippen LogP contribution in [0.15, 0.2) is 58.5 Å². The predicted molar refractivity (Wildman–Crippen MR) is 101 cm³/mol. The van der Waals surface area contributed by atoms with E-state index in [2.05, 4.69) is 4.18 Å². The molecule has 0 aromatic heterocycles. The minimum absolute atomic E-state index is 0.00558. The second-order valence-corrected chi connectivity index (χ2v) is 8.18. The number of halogens is 4. The number of ketones is 1. The lowest BCUT2D eigenvalue weighted by molar-refractivity contribution is -0.122. The van der Waals surface area contributed by atoms with E-state index in [1.54, 1.807) is 24.3 Å². The SMILES string of the molecule is COc1ccc(N2C=C3C(OS(=O)(=O)C(F)(F)F)=CC(OC)C(=O)C3=C(Cl)C2)cc1. The van der Waals surface area contributed by atoms with Crippen LogP contribution in [0.3, 0.4) is 0 Å². The highest BCUT2D eigenvalue weighted by Gasteiger charge is 2.50. The number of carbonyl (C=O) groups is 1. The van der Waals surface area contributed by atoms with E-state index in [1.807, 2.05) is 0 Å². The molecule has 162 valence electrons. The van der Waals surface area contributed by atoms with E-state index >= 15 is 0 Å². The highest BCUT2D eigenvalue weighted by Crippen LogP contribution is 2.40. The predicted octanol–water partition coefficient (Wildman–Crippen LogP) is 3.24. The van der Waals surface area contributed by atoms with Gasteiger partial charge in [-0.15, -0.1) is 0 Å². The first-order valence-electron chi connectivity index (χ1n) is 8.30. The maximum atomic E-state index is 12.8. The Hall–Kier alpha value is -2.50. The number of nitrogens with zero attached hydrogens (tertiary/aromatic N) is 1. The molecule has 3 rings (SSSR count). The Bertz CT molecular complexity index is 1060. The molecule has 0 amide bonds. The molecule has 0 fully saturated rings. The molecule has 1 atom stereocenters. The van der Waals surface area contributed by atoms with E-state index in [4.69, 9.17) is 21.1 Å². The first-order chi connectivity index (χ1) is 14.0. The van der Waals surface area contributed by atoms with E-state index in [0.717, 1.165) is 13.2 Å². The molecule has 0 saturated carbocycles. The van der Waals surface area contributed by atoms with E-state index in [1.165, 1.54) is 18.2 Å². The van der Waals surface area contributed by atoms with Crippen molar-refractivity contribution in [3.63, 3.8) is 0 Å². The molecule has 1 aromatic rings. The van der Waals surface area contributed by atoms with Crippen LogP contribution in [0.2, 0.25) is 0 Å². The molecule has 0 N–H and O–H groups in total. The number of hydrogen-bond acceptors (Lipinski definition) is 7. The second-order valence-electron chi connectivity index (χ2n) is 6.18. The van der Waals surface area contributed by atoms with Crippen molar-refractivity contribution in [1.82, 2.24) is 0 Å². The molecule has 1 aliphatic heterocycles. The van der Waals surface area contributed by atoms with Crippen molar-refractivity contribution < 1.29 is 40.0 Å². The highest BCUT2D eigenvalue weighted by molar-refractivity contribution is 7.87. The van der Waals surface area contributed by atoms with Crippen molar-refractivity contribution in [3.05, 3.63) is 58.5 Å². The summed E-state index contributed by atoms with van der Waals surface area (Å²) < 4.78 is 76.0. The summed E-state index contributed by atoms with van der Waals surface area (Å²) in [6.07, 6.45) is 0.810. The Morgan fingerprint density at radius 3 is 2.33 bits per heavy atom. The quantitative estimate of drug-likeness (QED) is 0.487. The number of alkyl halides is 3. The monoisotopic (exact) mass is 465 g/mol. The van der Waals surface area contributed by atoms with Gasteiger partial charge in [-0.2, -0.15) is 21.6 Å². The van der Waals surface area contributed by atoms with Crippen molar-refractivity contribution >= 4 is 33.2 Å². The molecule has 1 unspecified atom stereocenters. The summed E-state index contributed by atoms with van der Waals surface area (Å²) in [6.45, 7) is 0.0220. The molecular formula is C18H15ClF3NO6S. The van der Waals surface area contributed by atoms with Gasteiger partial charge in [0.25, 0.3) is 0 Å². The molecule has 0 bridgehead atoms. The third kappa shape index (κ3) is 4.05. The second kappa shape index (κ2) is 7.97. The molecule has 0 spiro atoms. The van der Waals surface area contributed by atoms with Gasteiger partial charge in [0.2, 0.25) is 0 Å². The molecule has 12 heteroatoms. The summed E-state index contributed by atoms with van der Waals surface area (Å²) in [4.78, 5) is 14.1. The maximum absolute atomic E-state index is 12.8. The van der Waals surface area contributed by atoms with Crippen LogP contribution in [0.1, 0.15) is 0 Å². The number of anilines is 1. The lowest BCUT2D eigenvalue weighted by Gasteiger charge is -2.32. The van der Waals surface area contributed by atoms with Gasteiger partial charge in [0.15, 0.2) is 11.5 Å². The molecule has 1 aromatic carbocycles. The summed E-state index contributed by atoms with van der Waals surface area (Å²) in [5.41, 5.74) is -5.45. The van der Waals surface area contributed by atoms with Crippen LogP contribution in [0.5, 0.6) is 5.75 Å². The number of Topliss-reactive ketones (excluding diaryl/α,β-unsaturated/α-hetero) is 1. The van der Waals surface area contributed by atoms with Gasteiger partial charge in [0.1, 0.15) is 11.9 Å². The fourth-order valence-corrected chi connectivity index (χ4v) is 3.69. The van der Waals surface area contributed by atoms with Gasteiger partial charge in [-0.05, 0) is 30.3 Å².